The third-order valence-corrected chi connectivity index (χ3v) is 8.08. The van der Waals surface area contributed by atoms with E-state index in [1.54, 1.807) is 18.0 Å². The van der Waals surface area contributed by atoms with Gasteiger partial charge in [-0.1, -0.05) is 104 Å². The van der Waals surface area contributed by atoms with Crippen LogP contribution in [0.3, 0.4) is 0 Å². The zero-order valence-electron chi connectivity index (χ0n) is 24.0. The van der Waals surface area contributed by atoms with E-state index in [0.717, 1.165) is 28.1 Å². The second-order valence-corrected chi connectivity index (χ2v) is 11.5. The van der Waals surface area contributed by atoms with Gasteiger partial charge in [0.05, 0.1) is 38.7 Å². The Hall–Kier alpha value is -3.04. The minimum atomic E-state index is -0.431. The number of nitrogens with zero attached hydrogens (tertiary/aromatic N) is 1. The van der Waals surface area contributed by atoms with Crippen molar-refractivity contribution in [2.75, 3.05) is 12.4 Å². The molecule has 1 aliphatic heterocycles. The van der Waals surface area contributed by atoms with Crippen molar-refractivity contribution in [2.24, 2.45) is 0 Å². The van der Waals surface area contributed by atoms with Gasteiger partial charge in [0.25, 0.3) is 0 Å². The van der Waals surface area contributed by atoms with Crippen LogP contribution in [-0.4, -0.2) is 47.2 Å². The van der Waals surface area contributed by atoms with Crippen molar-refractivity contribution in [3.63, 3.8) is 0 Å². The average Bonchev–Trinajstić information content (AvgIpc) is 3.05. The zero-order valence-corrected chi connectivity index (χ0v) is 24.8. The van der Waals surface area contributed by atoms with Crippen molar-refractivity contribution < 1.29 is 23.7 Å². The number of pyridine rings is 1. The smallest absolute Gasteiger partial charge is 0.132 e. The Bertz CT molecular complexity index is 1280. The topological polar surface area (TPSA) is 59.0 Å². The van der Waals surface area contributed by atoms with Gasteiger partial charge in [-0.05, 0) is 34.6 Å². The lowest BCUT2D eigenvalue weighted by atomic mass is 9.99. The predicted octanol–water partition coefficient (Wildman–Crippen LogP) is 6.83. The number of ether oxygens (including phenoxy) is 5. The van der Waals surface area contributed by atoms with Crippen molar-refractivity contribution in [3.05, 3.63) is 138 Å². The van der Waals surface area contributed by atoms with Gasteiger partial charge in [0, 0.05) is 6.20 Å². The van der Waals surface area contributed by atoms with Crippen LogP contribution in [0.4, 0.5) is 0 Å². The van der Waals surface area contributed by atoms with E-state index in [9.17, 15) is 0 Å². The van der Waals surface area contributed by atoms with Crippen molar-refractivity contribution >= 4 is 11.8 Å². The van der Waals surface area contributed by atoms with Gasteiger partial charge >= 0.3 is 0 Å². The van der Waals surface area contributed by atoms with E-state index in [4.69, 9.17) is 23.7 Å². The van der Waals surface area contributed by atoms with Gasteiger partial charge in [0.15, 0.2) is 0 Å². The first-order valence-corrected chi connectivity index (χ1v) is 15.6. The van der Waals surface area contributed by atoms with Crippen LogP contribution in [0.1, 0.15) is 29.3 Å². The summed E-state index contributed by atoms with van der Waals surface area (Å²) in [5.41, 5.74) is 3.88. The van der Waals surface area contributed by atoms with Crippen molar-refractivity contribution in [3.8, 4) is 0 Å². The molecule has 6 nitrogen and oxygen atoms in total. The normalized spacial score (nSPS) is 22.2. The maximum atomic E-state index is 6.74. The summed E-state index contributed by atoms with van der Waals surface area (Å²) >= 11 is 1.72. The molecule has 1 saturated heterocycles. The van der Waals surface area contributed by atoms with E-state index in [1.165, 1.54) is 0 Å². The fraction of sp³-hybridized carbons (Fsp3) is 0.343. The molecule has 5 rings (SSSR count). The van der Waals surface area contributed by atoms with Gasteiger partial charge in [0.1, 0.15) is 29.9 Å². The monoisotopic (exact) mass is 585 g/mol. The van der Waals surface area contributed by atoms with Gasteiger partial charge in [-0.15, -0.1) is 11.8 Å². The molecular formula is C35H39NO5S. The lowest BCUT2D eigenvalue weighted by Crippen LogP contribution is -2.60. The Morgan fingerprint density at radius 3 is 1.74 bits per heavy atom. The number of benzene rings is 3. The molecular weight excluding hydrogens is 546 g/mol. The first kappa shape index (κ1) is 30.4. The molecule has 0 spiro atoms. The Morgan fingerprint density at radius 1 is 0.619 bits per heavy atom. The summed E-state index contributed by atoms with van der Waals surface area (Å²) in [5.74, 6) is 0.871. The molecule has 1 fully saturated rings. The first-order chi connectivity index (χ1) is 20.8. The number of hydrogen-bond acceptors (Lipinski definition) is 7. The van der Waals surface area contributed by atoms with Crippen LogP contribution in [0.2, 0.25) is 0 Å². The maximum absolute atomic E-state index is 6.74. The van der Waals surface area contributed by atoms with Crippen LogP contribution in [0.25, 0.3) is 0 Å². The minimum Gasteiger partial charge on any atom is -0.374 e. The van der Waals surface area contributed by atoms with Gasteiger partial charge in [-0.3, -0.25) is 4.98 Å². The minimum absolute atomic E-state index is 0.255. The van der Waals surface area contributed by atoms with Crippen molar-refractivity contribution in [2.45, 2.75) is 63.2 Å². The van der Waals surface area contributed by atoms with E-state index in [1.807, 2.05) is 72.8 Å². The van der Waals surface area contributed by atoms with Crippen molar-refractivity contribution in [1.29, 1.82) is 0 Å². The largest absolute Gasteiger partial charge is 0.374 e. The molecule has 1 aliphatic rings. The quantitative estimate of drug-likeness (QED) is 0.152. The standard InChI is InChI=1S/C35H39NO5S/c1-2-42-35-34(39-24-29-18-10-5-11-19-29)33(40-25-30-20-12-13-21-36-30)32(38-23-28-16-8-4-9-17-28)31(41-35)26-37-22-27-14-6-3-7-15-27/h3-21,31-35H,2,22-26H2,1H3/t31-,32-,33+,34-,35-/m1/s1. The highest BCUT2D eigenvalue weighted by Gasteiger charge is 2.48. The molecule has 4 aromatic rings. The Kier molecular flexibility index (Phi) is 12.0. The van der Waals surface area contributed by atoms with Gasteiger partial charge in [0.2, 0.25) is 0 Å². The summed E-state index contributed by atoms with van der Waals surface area (Å²) in [6.07, 6.45) is 0.212. The van der Waals surface area contributed by atoms with Crippen LogP contribution in [0.5, 0.6) is 0 Å². The predicted molar refractivity (Wildman–Crippen MR) is 166 cm³/mol. The maximum Gasteiger partial charge on any atom is 0.132 e. The third-order valence-electron chi connectivity index (χ3n) is 7.04. The molecule has 7 heteroatoms. The lowest BCUT2D eigenvalue weighted by molar-refractivity contribution is -0.254. The molecule has 0 bridgehead atoms. The highest BCUT2D eigenvalue weighted by molar-refractivity contribution is 7.99. The number of aromatic nitrogens is 1. The Labute approximate surface area is 253 Å². The summed E-state index contributed by atoms with van der Waals surface area (Å²) in [5, 5.41) is 0. The number of rotatable bonds is 15. The molecule has 0 saturated carbocycles. The average molecular weight is 586 g/mol. The fourth-order valence-electron chi connectivity index (χ4n) is 4.94. The number of hydrogen-bond donors (Lipinski definition) is 0. The molecule has 0 amide bonds. The molecule has 220 valence electrons. The zero-order chi connectivity index (χ0) is 28.8. The molecule has 5 atom stereocenters. The van der Waals surface area contributed by atoms with E-state index in [-0.39, 0.29) is 17.6 Å². The number of thioether (sulfide) groups is 1. The second kappa shape index (κ2) is 16.6. The Morgan fingerprint density at radius 2 is 1.17 bits per heavy atom. The van der Waals surface area contributed by atoms with Crippen LogP contribution in [-0.2, 0) is 50.1 Å². The Balaban J connectivity index is 1.40. The molecule has 1 aromatic heterocycles. The SMILES string of the molecule is CCS[C@H]1O[C@H](COCc2ccccc2)[C@@H](OCc2ccccc2)[C@H](OCc2ccccn2)[C@H]1OCc1ccccc1. The van der Waals surface area contributed by atoms with Crippen LogP contribution < -0.4 is 0 Å². The summed E-state index contributed by atoms with van der Waals surface area (Å²) in [7, 11) is 0. The van der Waals surface area contributed by atoms with E-state index in [2.05, 4.69) is 48.3 Å². The summed E-state index contributed by atoms with van der Waals surface area (Å²) in [4.78, 5) is 4.49. The van der Waals surface area contributed by atoms with Crippen LogP contribution in [0, 0.1) is 0 Å². The third kappa shape index (κ3) is 8.98. The summed E-state index contributed by atoms with van der Waals surface area (Å²) < 4.78 is 32.9. The van der Waals surface area contributed by atoms with Crippen LogP contribution >= 0.6 is 11.8 Å². The molecule has 0 aliphatic carbocycles. The molecule has 3 aromatic carbocycles. The fourth-order valence-corrected chi connectivity index (χ4v) is 5.92. The molecule has 0 unspecified atom stereocenters. The first-order valence-electron chi connectivity index (χ1n) is 14.5. The molecule has 0 radical (unpaired) electrons. The second-order valence-electron chi connectivity index (χ2n) is 10.1. The summed E-state index contributed by atoms with van der Waals surface area (Å²) in [6.45, 7) is 4.19. The van der Waals surface area contributed by atoms with Crippen LogP contribution in [0.15, 0.2) is 115 Å². The van der Waals surface area contributed by atoms with Gasteiger partial charge in [-0.2, -0.15) is 0 Å². The van der Waals surface area contributed by atoms with Crippen molar-refractivity contribution in [1.82, 2.24) is 4.98 Å². The van der Waals surface area contributed by atoms with E-state index < -0.39 is 12.2 Å². The van der Waals surface area contributed by atoms with E-state index >= 15 is 0 Å². The molecule has 0 N–H and O–H groups in total. The summed E-state index contributed by atoms with van der Waals surface area (Å²) in [6, 6.07) is 36.4. The molecule has 2 heterocycles. The highest BCUT2D eigenvalue weighted by Crippen LogP contribution is 2.35. The lowest BCUT2D eigenvalue weighted by Gasteiger charge is -2.46. The van der Waals surface area contributed by atoms with Gasteiger partial charge in [-0.25, -0.2) is 0 Å². The van der Waals surface area contributed by atoms with Gasteiger partial charge < -0.3 is 23.7 Å². The molecule has 42 heavy (non-hydrogen) atoms. The highest BCUT2D eigenvalue weighted by atomic mass is 32.2. The van der Waals surface area contributed by atoms with E-state index in [0.29, 0.717) is 33.0 Å².